The lowest BCUT2D eigenvalue weighted by molar-refractivity contribution is -0.118. The van der Waals surface area contributed by atoms with E-state index in [1.54, 1.807) is 24.3 Å². The van der Waals surface area contributed by atoms with Gasteiger partial charge in [0.15, 0.2) is 0 Å². The molecule has 0 spiro atoms. The van der Waals surface area contributed by atoms with Crippen molar-refractivity contribution in [2.24, 2.45) is 5.73 Å². The molecule has 0 saturated carbocycles. The highest BCUT2D eigenvalue weighted by atomic mass is 79.9. The minimum atomic E-state index is -0.738. The second kappa shape index (κ2) is 5.49. The summed E-state index contributed by atoms with van der Waals surface area (Å²) in [5.74, 6) is -0.966. The van der Waals surface area contributed by atoms with Crippen LogP contribution in [0.1, 0.15) is 10.9 Å². The smallest absolute Gasteiger partial charge is 0.245 e. The minimum absolute atomic E-state index is 0.255. The van der Waals surface area contributed by atoms with Crippen LogP contribution in [0.25, 0.3) is 0 Å². The molecule has 3 nitrogen and oxygen atoms in total. The fourth-order valence-corrected chi connectivity index (χ4v) is 2.98. The number of benzene rings is 1. The molecule has 1 unspecified atom stereocenters. The van der Waals surface area contributed by atoms with Crippen LogP contribution >= 0.6 is 27.3 Å². The van der Waals surface area contributed by atoms with E-state index in [4.69, 9.17) is 5.73 Å². The number of primary amides is 1. The predicted molar refractivity (Wildman–Crippen MR) is 74.0 cm³/mol. The molecule has 2 aromatic rings. The molecule has 0 aliphatic heterocycles. The molecule has 94 valence electrons. The van der Waals surface area contributed by atoms with Crippen molar-refractivity contribution >= 4 is 38.9 Å². The van der Waals surface area contributed by atoms with Gasteiger partial charge in [-0.05, 0) is 40.2 Å². The summed E-state index contributed by atoms with van der Waals surface area (Å²) in [7, 11) is 0. The second-order valence-corrected chi connectivity index (χ2v) is 6.10. The Morgan fingerprint density at radius 1 is 1.33 bits per heavy atom. The molecule has 0 radical (unpaired) electrons. The third kappa shape index (κ3) is 2.88. The number of nitrogens with two attached hydrogens (primary N) is 1. The molecule has 1 heterocycles. The lowest BCUT2D eigenvalue weighted by atomic mass is 10.2. The number of anilines is 1. The second-order valence-electron chi connectivity index (χ2n) is 3.60. The van der Waals surface area contributed by atoms with Gasteiger partial charge in [-0.1, -0.05) is 12.1 Å². The van der Waals surface area contributed by atoms with Crippen LogP contribution in [0.5, 0.6) is 0 Å². The number of rotatable bonds is 4. The summed E-state index contributed by atoms with van der Waals surface area (Å²) < 4.78 is 14.4. The first-order valence-corrected chi connectivity index (χ1v) is 6.74. The van der Waals surface area contributed by atoms with Crippen molar-refractivity contribution in [1.82, 2.24) is 0 Å². The van der Waals surface area contributed by atoms with E-state index in [2.05, 4.69) is 21.2 Å². The number of nitrogens with one attached hydrogen (secondary N) is 1. The van der Waals surface area contributed by atoms with Gasteiger partial charge in [0.2, 0.25) is 5.91 Å². The first-order chi connectivity index (χ1) is 8.58. The van der Waals surface area contributed by atoms with Gasteiger partial charge in [-0.25, -0.2) is 4.39 Å². The maximum Gasteiger partial charge on any atom is 0.245 e. The van der Waals surface area contributed by atoms with Gasteiger partial charge in [0, 0.05) is 4.88 Å². The van der Waals surface area contributed by atoms with Gasteiger partial charge in [0.05, 0.1) is 9.47 Å². The molecular weight excluding hydrogens is 319 g/mol. The van der Waals surface area contributed by atoms with Crippen molar-refractivity contribution in [2.45, 2.75) is 6.04 Å². The molecule has 3 N–H and O–H groups in total. The maximum absolute atomic E-state index is 13.5. The van der Waals surface area contributed by atoms with E-state index < -0.39 is 17.8 Å². The van der Waals surface area contributed by atoms with Crippen LogP contribution in [0.2, 0.25) is 0 Å². The van der Waals surface area contributed by atoms with Crippen LogP contribution in [0.4, 0.5) is 10.1 Å². The number of thiophene rings is 1. The molecule has 1 aromatic heterocycles. The molecule has 6 heteroatoms. The quantitative estimate of drug-likeness (QED) is 0.904. The Labute approximate surface area is 116 Å². The van der Waals surface area contributed by atoms with Gasteiger partial charge in [-0.3, -0.25) is 4.79 Å². The van der Waals surface area contributed by atoms with Gasteiger partial charge >= 0.3 is 0 Å². The minimum Gasteiger partial charge on any atom is -0.368 e. The predicted octanol–water partition coefficient (Wildman–Crippen LogP) is 3.29. The molecule has 0 bridgehead atoms. The molecule has 18 heavy (non-hydrogen) atoms. The highest BCUT2D eigenvalue weighted by Crippen LogP contribution is 2.30. The Bertz CT molecular complexity index is 573. The average Bonchev–Trinajstić information content (AvgIpc) is 2.74. The summed E-state index contributed by atoms with van der Waals surface area (Å²) in [6, 6.07) is 9.02. The lowest BCUT2D eigenvalue weighted by Gasteiger charge is -2.15. The van der Waals surface area contributed by atoms with Crippen LogP contribution < -0.4 is 11.1 Å². The average molecular weight is 329 g/mol. The van der Waals surface area contributed by atoms with Crippen molar-refractivity contribution in [3.8, 4) is 0 Å². The largest absolute Gasteiger partial charge is 0.368 e. The van der Waals surface area contributed by atoms with Gasteiger partial charge in [-0.2, -0.15) is 0 Å². The topological polar surface area (TPSA) is 55.1 Å². The first-order valence-electron chi connectivity index (χ1n) is 5.13. The van der Waals surface area contributed by atoms with E-state index in [0.29, 0.717) is 0 Å². The zero-order valence-electron chi connectivity index (χ0n) is 9.19. The molecule has 2 rings (SSSR count). The van der Waals surface area contributed by atoms with E-state index >= 15 is 0 Å². The van der Waals surface area contributed by atoms with Crippen molar-refractivity contribution < 1.29 is 9.18 Å². The summed E-state index contributed by atoms with van der Waals surface area (Å²) in [4.78, 5) is 12.2. The standard InChI is InChI=1S/C12H10BrFN2OS/c13-10-6-5-9(18-10)11(12(15)17)16-8-4-2-1-3-7(8)14/h1-6,11,16H,(H2,15,17). The maximum atomic E-state index is 13.5. The zero-order valence-corrected chi connectivity index (χ0v) is 11.6. The Balaban J connectivity index is 2.28. The van der Waals surface area contributed by atoms with E-state index in [1.807, 2.05) is 6.07 Å². The molecule has 1 atom stereocenters. The number of para-hydroxylation sites is 1. The summed E-state index contributed by atoms with van der Waals surface area (Å²) >= 11 is 4.69. The van der Waals surface area contributed by atoms with Crippen LogP contribution in [-0.2, 0) is 4.79 Å². The molecule has 1 amide bonds. The third-order valence-electron chi connectivity index (χ3n) is 2.34. The summed E-state index contributed by atoms with van der Waals surface area (Å²) in [5, 5.41) is 2.82. The number of hydrogen-bond donors (Lipinski definition) is 2. The fourth-order valence-electron chi connectivity index (χ4n) is 1.50. The molecule has 0 fully saturated rings. The zero-order chi connectivity index (χ0) is 13.1. The first kappa shape index (κ1) is 13.0. The van der Waals surface area contributed by atoms with Gasteiger partial charge in [-0.15, -0.1) is 11.3 Å². The molecule has 1 aromatic carbocycles. The number of hydrogen-bond acceptors (Lipinski definition) is 3. The van der Waals surface area contributed by atoms with E-state index in [1.165, 1.54) is 17.4 Å². The van der Waals surface area contributed by atoms with Crippen molar-refractivity contribution in [3.63, 3.8) is 0 Å². The summed E-state index contributed by atoms with van der Waals surface area (Å²) in [5.41, 5.74) is 5.60. The normalized spacial score (nSPS) is 12.1. The van der Waals surface area contributed by atoms with Crippen molar-refractivity contribution in [2.75, 3.05) is 5.32 Å². The van der Waals surface area contributed by atoms with Gasteiger partial charge < -0.3 is 11.1 Å². The lowest BCUT2D eigenvalue weighted by Crippen LogP contribution is -2.27. The van der Waals surface area contributed by atoms with Crippen LogP contribution in [0.3, 0.4) is 0 Å². The Hall–Kier alpha value is -1.40. The highest BCUT2D eigenvalue weighted by Gasteiger charge is 2.20. The monoisotopic (exact) mass is 328 g/mol. The van der Waals surface area contributed by atoms with Crippen molar-refractivity contribution in [1.29, 1.82) is 0 Å². The van der Waals surface area contributed by atoms with Crippen LogP contribution in [-0.4, -0.2) is 5.91 Å². The van der Waals surface area contributed by atoms with Crippen molar-refractivity contribution in [3.05, 3.63) is 50.9 Å². The fraction of sp³-hybridized carbons (Fsp3) is 0.0833. The number of halogens is 2. The van der Waals surface area contributed by atoms with Gasteiger partial charge in [0.25, 0.3) is 0 Å². The van der Waals surface area contributed by atoms with Crippen LogP contribution in [0.15, 0.2) is 40.2 Å². The Morgan fingerprint density at radius 3 is 2.61 bits per heavy atom. The van der Waals surface area contributed by atoms with E-state index in [0.717, 1.165) is 8.66 Å². The number of carbonyl (C=O) groups excluding carboxylic acids is 1. The number of carbonyl (C=O) groups is 1. The SMILES string of the molecule is NC(=O)C(Nc1ccccc1F)c1ccc(Br)s1. The Morgan fingerprint density at radius 2 is 2.06 bits per heavy atom. The van der Waals surface area contributed by atoms with E-state index in [-0.39, 0.29) is 5.69 Å². The van der Waals surface area contributed by atoms with Gasteiger partial charge in [0.1, 0.15) is 11.9 Å². The third-order valence-corrected chi connectivity index (χ3v) is 4.03. The molecule has 0 aliphatic rings. The Kier molecular flexibility index (Phi) is 3.98. The van der Waals surface area contributed by atoms with Crippen LogP contribution in [0, 0.1) is 5.82 Å². The summed E-state index contributed by atoms with van der Waals surface area (Å²) in [6.45, 7) is 0. The highest BCUT2D eigenvalue weighted by molar-refractivity contribution is 9.11. The molecule has 0 aliphatic carbocycles. The van der Waals surface area contributed by atoms with E-state index in [9.17, 15) is 9.18 Å². The summed E-state index contributed by atoms with van der Waals surface area (Å²) in [6.07, 6.45) is 0. The molecular formula is C12H10BrFN2OS. The molecule has 0 saturated heterocycles. The number of amides is 1.